The molecule has 2 N–H and O–H groups in total. The molecule has 0 unspecified atom stereocenters. The fraction of sp³-hybridized carbons (Fsp3) is 0. The van der Waals surface area contributed by atoms with Crippen LogP contribution in [-0.4, -0.2) is 34.2 Å². The van der Waals surface area contributed by atoms with Gasteiger partial charge in [-0.3, -0.25) is 19.6 Å². The minimum Gasteiger partial charge on any atom is -0.266 e. The van der Waals surface area contributed by atoms with E-state index in [4.69, 9.17) is 0 Å². The van der Waals surface area contributed by atoms with Crippen LogP contribution in [0.2, 0.25) is 0 Å². The lowest BCUT2D eigenvalue weighted by molar-refractivity contribution is 0.0942. The summed E-state index contributed by atoms with van der Waals surface area (Å²) in [7, 11) is 0. The molecule has 0 bridgehead atoms. The van der Waals surface area contributed by atoms with Crippen molar-refractivity contribution in [2.45, 2.75) is 0 Å². The molecule has 0 radical (unpaired) electrons. The number of nitrogens with zero attached hydrogens (tertiary/aromatic N) is 4. The summed E-state index contributed by atoms with van der Waals surface area (Å²) in [5.41, 5.74) is 6.98. The summed E-state index contributed by atoms with van der Waals surface area (Å²) >= 11 is 0. The van der Waals surface area contributed by atoms with Crippen LogP contribution in [0.25, 0.3) is 0 Å². The molecule has 2 aromatic heterocycles. The fourth-order valence-electron chi connectivity index (χ4n) is 2.11. The molecule has 0 aliphatic rings. The van der Waals surface area contributed by atoms with Gasteiger partial charge in [-0.2, -0.15) is 10.2 Å². The van der Waals surface area contributed by atoms with E-state index in [0.29, 0.717) is 11.4 Å². The van der Waals surface area contributed by atoms with Crippen molar-refractivity contribution in [2.75, 3.05) is 0 Å². The van der Waals surface area contributed by atoms with Gasteiger partial charge >= 0.3 is 0 Å². The fourth-order valence-corrected chi connectivity index (χ4v) is 2.11. The highest BCUT2D eigenvalue weighted by molar-refractivity contribution is 5.94. The zero-order valence-corrected chi connectivity index (χ0v) is 14.7. The number of hydrazone groups is 2. The Morgan fingerprint density at radius 1 is 0.679 bits per heavy atom. The Kier molecular flexibility index (Phi) is 6.30. The summed E-state index contributed by atoms with van der Waals surface area (Å²) in [6.45, 7) is 0. The first kappa shape index (κ1) is 18.6. The number of amides is 2. The molecule has 0 saturated carbocycles. The Labute approximate surface area is 161 Å². The minimum absolute atomic E-state index is 0.291. The van der Waals surface area contributed by atoms with Gasteiger partial charge in [-0.15, -0.1) is 0 Å². The van der Waals surface area contributed by atoms with Gasteiger partial charge in [0.05, 0.1) is 12.4 Å². The van der Waals surface area contributed by atoms with Gasteiger partial charge in [0, 0.05) is 12.4 Å². The summed E-state index contributed by atoms with van der Waals surface area (Å²) in [5, 5.41) is 7.81. The Morgan fingerprint density at radius 2 is 1.11 bits per heavy atom. The number of carbonyl (C=O) groups excluding carboxylic acids is 2. The third-order valence-corrected chi connectivity index (χ3v) is 3.49. The molecule has 3 rings (SSSR count). The van der Waals surface area contributed by atoms with Crippen LogP contribution in [0, 0.1) is 0 Å². The predicted molar refractivity (Wildman–Crippen MR) is 105 cm³/mol. The SMILES string of the molecule is O=C(N/N=C\c1ccc(/C=N\NC(=O)c2ccccn2)cc1)c1ccccn1. The van der Waals surface area contributed by atoms with Gasteiger partial charge in [0.1, 0.15) is 11.4 Å². The van der Waals surface area contributed by atoms with E-state index >= 15 is 0 Å². The van der Waals surface area contributed by atoms with E-state index in [0.717, 1.165) is 11.1 Å². The highest BCUT2D eigenvalue weighted by Gasteiger charge is 2.04. The highest BCUT2D eigenvalue weighted by atomic mass is 16.2. The van der Waals surface area contributed by atoms with Crippen molar-refractivity contribution in [3.8, 4) is 0 Å². The molecule has 1 aromatic carbocycles. The summed E-state index contributed by atoms with van der Waals surface area (Å²) in [5.74, 6) is -0.770. The number of rotatable bonds is 6. The molecular weight excluding hydrogens is 356 g/mol. The van der Waals surface area contributed by atoms with E-state index in [1.54, 1.807) is 60.7 Å². The van der Waals surface area contributed by atoms with Crippen LogP contribution >= 0.6 is 0 Å². The van der Waals surface area contributed by atoms with Crippen molar-refractivity contribution >= 4 is 24.2 Å². The van der Waals surface area contributed by atoms with Crippen LogP contribution in [0.5, 0.6) is 0 Å². The largest absolute Gasteiger partial charge is 0.289 e. The third kappa shape index (κ3) is 5.40. The van der Waals surface area contributed by atoms with Crippen LogP contribution in [0.4, 0.5) is 0 Å². The van der Waals surface area contributed by atoms with Crippen molar-refractivity contribution in [3.05, 3.63) is 95.6 Å². The van der Waals surface area contributed by atoms with Gasteiger partial charge in [0.15, 0.2) is 0 Å². The molecule has 8 heteroatoms. The number of hydrogen-bond donors (Lipinski definition) is 2. The van der Waals surface area contributed by atoms with Gasteiger partial charge in [0.25, 0.3) is 11.8 Å². The number of nitrogens with one attached hydrogen (secondary N) is 2. The van der Waals surface area contributed by atoms with Gasteiger partial charge < -0.3 is 0 Å². The number of aromatic nitrogens is 2. The molecule has 0 aliphatic carbocycles. The smallest absolute Gasteiger partial charge is 0.266 e. The normalized spacial score (nSPS) is 10.9. The Bertz CT molecular complexity index is 904. The lowest BCUT2D eigenvalue weighted by Gasteiger charge is -1.99. The molecule has 2 amide bonds. The molecule has 0 fully saturated rings. The van der Waals surface area contributed by atoms with E-state index in [1.807, 2.05) is 0 Å². The molecule has 0 spiro atoms. The maximum Gasteiger partial charge on any atom is 0.289 e. The number of carbonyl (C=O) groups is 2. The number of hydrogen-bond acceptors (Lipinski definition) is 6. The van der Waals surface area contributed by atoms with E-state index in [2.05, 4.69) is 31.0 Å². The number of benzene rings is 1. The lowest BCUT2D eigenvalue weighted by Crippen LogP contribution is -2.18. The van der Waals surface area contributed by atoms with Crippen LogP contribution in [0.15, 0.2) is 83.3 Å². The van der Waals surface area contributed by atoms with Crippen molar-refractivity contribution in [2.24, 2.45) is 10.2 Å². The Morgan fingerprint density at radius 3 is 1.46 bits per heavy atom. The van der Waals surface area contributed by atoms with Crippen LogP contribution in [-0.2, 0) is 0 Å². The van der Waals surface area contributed by atoms with E-state index < -0.39 is 0 Å². The molecule has 0 atom stereocenters. The molecule has 0 aliphatic heterocycles. The van der Waals surface area contributed by atoms with Gasteiger partial charge in [0.2, 0.25) is 0 Å². The first-order valence-corrected chi connectivity index (χ1v) is 8.31. The first-order valence-electron chi connectivity index (χ1n) is 8.31. The molecular formula is C20H16N6O2. The highest BCUT2D eigenvalue weighted by Crippen LogP contribution is 2.00. The van der Waals surface area contributed by atoms with Crippen LogP contribution in [0.3, 0.4) is 0 Å². The van der Waals surface area contributed by atoms with E-state index in [-0.39, 0.29) is 11.8 Å². The van der Waals surface area contributed by atoms with Crippen molar-refractivity contribution in [1.82, 2.24) is 20.8 Å². The molecule has 0 saturated heterocycles. The predicted octanol–water partition coefficient (Wildman–Crippen LogP) is 2.00. The van der Waals surface area contributed by atoms with Crippen molar-refractivity contribution < 1.29 is 9.59 Å². The first-order chi connectivity index (χ1) is 13.7. The molecule has 138 valence electrons. The van der Waals surface area contributed by atoms with Gasteiger partial charge in [-0.05, 0) is 35.4 Å². The van der Waals surface area contributed by atoms with Crippen LogP contribution < -0.4 is 10.9 Å². The van der Waals surface area contributed by atoms with Gasteiger partial charge in [-0.25, -0.2) is 10.9 Å². The summed E-state index contributed by atoms with van der Waals surface area (Å²) in [6, 6.07) is 17.3. The molecule has 2 heterocycles. The summed E-state index contributed by atoms with van der Waals surface area (Å²) in [4.78, 5) is 31.5. The second-order valence-corrected chi connectivity index (χ2v) is 5.49. The Hall–Kier alpha value is -4.20. The average Bonchev–Trinajstić information content (AvgIpc) is 2.76. The van der Waals surface area contributed by atoms with Gasteiger partial charge in [-0.1, -0.05) is 36.4 Å². The second-order valence-electron chi connectivity index (χ2n) is 5.49. The van der Waals surface area contributed by atoms with Crippen LogP contribution in [0.1, 0.15) is 32.1 Å². The Balaban J connectivity index is 1.50. The average molecular weight is 372 g/mol. The second kappa shape index (κ2) is 9.48. The monoisotopic (exact) mass is 372 g/mol. The minimum atomic E-state index is -0.385. The quantitative estimate of drug-likeness (QED) is 0.509. The number of pyridine rings is 2. The maximum atomic E-state index is 11.8. The maximum absolute atomic E-state index is 11.8. The molecule has 28 heavy (non-hydrogen) atoms. The molecule has 8 nitrogen and oxygen atoms in total. The van der Waals surface area contributed by atoms with E-state index in [9.17, 15) is 9.59 Å². The zero-order valence-electron chi connectivity index (χ0n) is 14.7. The molecule has 3 aromatic rings. The topological polar surface area (TPSA) is 109 Å². The summed E-state index contributed by atoms with van der Waals surface area (Å²) < 4.78 is 0. The standard InChI is InChI=1S/C20H16N6O2/c27-19(17-5-1-3-11-21-17)25-23-13-15-7-9-16(10-8-15)14-24-26-20(28)18-6-2-4-12-22-18/h1-14H,(H,25,27)(H,26,28)/b23-13-,24-14-. The van der Waals surface area contributed by atoms with Crippen molar-refractivity contribution in [1.29, 1.82) is 0 Å². The third-order valence-electron chi connectivity index (χ3n) is 3.49. The zero-order chi connectivity index (χ0) is 19.6. The summed E-state index contributed by atoms with van der Waals surface area (Å²) in [6.07, 6.45) is 6.12. The lowest BCUT2D eigenvalue weighted by atomic mass is 10.2. The van der Waals surface area contributed by atoms with E-state index in [1.165, 1.54) is 24.8 Å². The van der Waals surface area contributed by atoms with Crippen molar-refractivity contribution in [3.63, 3.8) is 0 Å².